The third kappa shape index (κ3) is 50.6. The largest absolute Gasteiger partial charge is 2.00 e. The van der Waals surface area contributed by atoms with Crippen LogP contribution in [0, 0.1) is 22.9 Å². The maximum atomic E-state index is 11.0. The summed E-state index contributed by atoms with van der Waals surface area (Å²) in [4.78, 5) is 42.6. The fourth-order valence-electron chi connectivity index (χ4n) is 5.60. The van der Waals surface area contributed by atoms with E-state index in [1.165, 1.54) is 116 Å². The number of amides is 2. The minimum Gasteiger partial charge on any atom is -0.550 e. The number of hydrogen-bond donors (Lipinski definition) is 2. The molecule has 0 radical (unpaired) electrons. The van der Waals surface area contributed by atoms with Crippen molar-refractivity contribution in [3.63, 3.8) is 0 Å². The summed E-state index contributed by atoms with van der Waals surface area (Å²) >= 11 is 0. The van der Waals surface area contributed by atoms with Gasteiger partial charge in [-0.2, -0.15) is 10.5 Å². The number of carboxylic acids is 2. The van der Waals surface area contributed by atoms with Crippen LogP contribution in [-0.2, 0) is 19.2 Å². The molecule has 11 heteroatoms. The van der Waals surface area contributed by atoms with Crippen LogP contribution in [0.2, 0.25) is 0 Å². The van der Waals surface area contributed by atoms with Gasteiger partial charge in [0.2, 0.25) is 11.8 Å². The van der Waals surface area contributed by atoms with E-state index in [0.29, 0.717) is 12.8 Å². The zero-order valence-corrected chi connectivity index (χ0v) is 32.9. The van der Waals surface area contributed by atoms with Crippen LogP contribution in [0.4, 0.5) is 0 Å². The number of nitriles is 2. The van der Waals surface area contributed by atoms with E-state index < -0.39 is 11.9 Å². The van der Waals surface area contributed by atoms with Crippen LogP contribution in [0.15, 0.2) is 0 Å². The van der Waals surface area contributed by atoms with Crippen LogP contribution in [0.3, 0.4) is 0 Å². The number of carbonyl (C=O) groups is 4. The summed E-state index contributed by atoms with van der Waals surface area (Å²) in [6.45, 7) is 0. The Morgan fingerprint density at radius 2 is 0.510 bits per heavy atom. The van der Waals surface area contributed by atoms with Crippen LogP contribution in [0.1, 0.15) is 205 Å². The molecule has 0 aliphatic heterocycles. The van der Waals surface area contributed by atoms with Crippen molar-refractivity contribution in [3.8, 4) is 12.4 Å². The molecule has 0 aliphatic rings. The second kappa shape index (κ2) is 44.1. The predicted octanol–water partition coefficient (Wildman–Crippen LogP) is 6.77. The average molecular weight is 715 g/mol. The Labute approximate surface area is 327 Å². The number of carboxylic acid groups (broad SMARTS) is 2. The number of rotatable bonds is 34. The van der Waals surface area contributed by atoms with Crippen molar-refractivity contribution in [2.75, 3.05) is 0 Å². The summed E-state index contributed by atoms with van der Waals surface area (Å²) in [5, 5.41) is 41.3. The molecule has 49 heavy (non-hydrogen) atoms. The van der Waals surface area contributed by atoms with Crippen molar-refractivity contribution in [1.29, 1.82) is 10.5 Å². The molecule has 0 spiro atoms. The zero-order chi connectivity index (χ0) is 35.8. The van der Waals surface area contributed by atoms with Gasteiger partial charge in [-0.05, 0) is 38.5 Å². The monoisotopic (exact) mass is 714 g/mol. The van der Waals surface area contributed by atoms with E-state index in [2.05, 4.69) is 10.6 Å². The predicted molar refractivity (Wildman–Crippen MR) is 191 cm³/mol. The van der Waals surface area contributed by atoms with Gasteiger partial charge >= 0.3 is 37.7 Å². The average Bonchev–Trinajstić information content (AvgIpc) is 3.04. The number of hydrogen-bond acceptors (Lipinski definition) is 8. The Bertz CT molecular complexity index is 805. The standard InChI is InChI=1S/2C19H34N2O3.Ca/c2*20-17-21-18(22)15-13-11-9-7-5-3-1-2-4-6-8-10-12-14-16-19(23)24;/h2*1-16H2,(H,21,22)(H,23,24);/q;;+2/p-2. The first-order chi connectivity index (χ1) is 23.3. The molecule has 10 nitrogen and oxygen atoms in total. The van der Waals surface area contributed by atoms with Gasteiger partial charge in [0, 0.05) is 24.8 Å². The molecular formula is C38H66CaN4O6. The minimum atomic E-state index is -0.931. The molecule has 0 aromatic rings. The maximum Gasteiger partial charge on any atom is 2.00 e. The van der Waals surface area contributed by atoms with Crippen molar-refractivity contribution in [3.05, 3.63) is 0 Å². The van der Waals surface area contributed by atoms with Gasteiger partial charge in [-0.1, -0.05) is 154 Å². The Morgan fingerprint density at radius 1 is 0.347 bits per heavy atom. The first-order valence-electron chi connectivity index (χ1n) is 19.1. The number of aliphatic carboxylic acids is 2. The van der Waals surface area contributed by atoms with Crippen LogP contribution in [0.5, 0.6) is 0 Å². The van der Waals surface area contributed by atoms with Gasteiger partial charge in [-0.15, -0.1) is 0 Å². The van der Waals surface area contributed by atoms with Gasteiger partial charge < -0.3 is 19.8 Å². The number of nitrogens with zero attached hydrogens (tertiary/aromatic N) is 2. The van der Waals surface area contributed by atoms with E-state index in [0.717, 1.165) is 64.2 Å². The molecule has 0 aromatic carbocycles. The van der Waals surface area contributed by atoms with Crippen molar-refractivity contribution in [2.24, 2.45) is 0 Å². The Morgan fingerprint density at radius 3 is 0.673 bits per heavy atom. The normalized spacial score (nSPS) is 10.1. The molecule has 0 bridgehead atoms. The van der Waals surface area contributed by atoms with E-state index >= 15 is 0 Å². The first kappa shape index (κ1) is 51.5. The number of nitrogens with one attached hydrogen (secondary N) is 2. The van der Waals surface area contributed by atoms with Crippen molar-refractivity contribution in [2.45, 2.75) is 205 Å². The van der Waals surface area contributed by atoms with Crippen LogP contribution >= 0.6 is 0 Å². The third-order valence-electron chi connectivity index (χ3n) is 8.46. The molecular weight excluding hydrogens is 649 g/mol. The van der Waals surface area contributed by atoms with Crippen LogP contribution in [0.25, 0.3) is 0 Å². The maximum absolute atomic E-state index is 11.0. The SMILES string of the molecule is N#CNC(=O)CCCCCCCCCCCCCCCCC(=O)[O-].N#CNC(=O)CCCCCCCCCCCCCCCCC(=O)[O-].[Ca+2]. The molecule has 276 valence electrons. The van der Waals surface area contributed by atoms with Crippen LogP contribution in [-0.4, -0.2) is 61.5 Å². The molecule has 0 saturated heterocycles. The molecule has 0 aromatic heterocycles. The van der Waals surface area contributed by atoms with Gasteiger partial charge in [0.05, 0.1) is 0 Å². The Kier molecular flexibility index (Phi) is 46.4. The first-order valence-corrected chi connectivity index (χ1v) is 19.1. The summed E-state index contributed by atoms with van der Waals surface area (Å²) in [6, 6.07) is 0. The third-order valence-corrected chi connectivity index (χ3v) is 8.46. The molecule has 2 amide bonds. The van der Waals surface area contributed by atoms with Gasteiger partial charge in [0.15, 0.2) is 12.4 Å². The van der Waals surface area contributed by atoms with E-state index in [4.69, 9.17) is 10.5 Å². The van der Waals surface area contributed by atoms with Gasteiger partial charge in [-0.25, -0.2) is 0 Å². The number of unbranched alkanes of at least 4 members (excludes halogenated alkanes) is 26. The second-order valence-electron chi connectivity index (χ2n) is 13.0. The molecule has 0 atom stereocenters. The fraction of sp³-hybridized carbons (Fsp3) is 0.842. The van der Waals surface area contributed by atoms with Gasteiger partial charge in [0.25, 0.3) is 0 Å². The summed E-state index contributed by atoms with van der Waals surface area (Å²) in [7, 11) is 0. The Balaban J connectivity index is -0.000000846. The second-order valence-corrected chi connectivity index (χ2v) is 13.0. The summed E-state index contributed by atoms with van der Waals surface area (Å²) < 4.78 is 0. The van der Waals surface area contributed by atoms with Gasteiger partial charge in [0.1, 0.15) is 0 Å². The molecule has 0 rings (SSSR count). The number of carbonyl (C=O) groups excluding carboxylic acids is 4. The zero-order valence-electron chi connectivity index (χ0n) is 30.7. The molecule has 0 saturated carbocycles. The van der Waals surface area contributed by atoms with E-state index in [9.17, 15) is 29.4 Å². The fourth-order valence-corrected chi connectivity index (χ4v) is 5.60. The summed E-state index contributed by atoms with van der Waals surface area (Å²) in [5.41, 5.74) is 0. The molecule has 0 fully saturated rings. The molecule has 0 aliphatic carbocycles. The van der Waals surface area contributed by atoms with Gasteiger partial charge in [-0.3, -0.25) is 20.2 Å². The molecule has 0 unspecified atom stereocenters. The smallest absolute Gasteiger partial charge is 0.550 e. The summed E-state index contributed by atoms with van der Waals surface area (Å²) in [6.07, 6.45) is 37.0. The van der Waals surface area contributed by atoms with E-state index in [1.54, 1.807) is 12.4 Å². The van der Waals surface area contributed by atoms with Crippen molar-refractivity contribution in [1.82, 2.24) is 10.6 Å². The van der Waals surface area contributed by atoms with E-state index in [1.807, 2.05) is 0 Å². The summed E-state index contributed by atoms with van der Waals surface area (Å²) in [5.74, 6) is -2.20. The minimum absolute atomic E-state index is 0. The molecule has 0 heterocycles. The molecule has 2 N–H and O–H groups in total. The van der Waals surface area contributed by atoms with Crippen molar-refractivity contribution < 1.29 is 29.4 Å². The van der Waals surface area contributed by atoms with E-state index in [-0.39, 0.29) is 62.4 Å². The van der Waals surface area contributed by atoms with Crippen molar-refractivity contribution >= 4 is 61.5 Å². The quantitative estimate of drug-likeness (QED) is 0.0316. The Hall–Kier alpha value is -1.88. The van der Waals surface area contributed by atoms with Crippen LogP contribution < -0.4 is 20.8 Å². The topological polar surface area (TPSA) is 186 Å².